The summed E-state index contributed by atoms with van der Waals surface area (Å²) in [7, 11) is 0. The lowest BCUT2D eigenvalue weighted by Gasteiger charge is -2.12. The van der Waals surface area contributed by atoms with E-state index in [2.05, 4.69) is 20.4 Å². The van der Waals surface area contributed by atoms with Gasteiger partial charge in [0.25, 0.3) is 22.8 Å². The van der Waals surface area contributed by atoms with Gasteiger partial charge in [-0.15, -0.1) is 16.9 Å². The van der Waals surface area contributed by atoms with Crippen LogP contribution < -0.4 is 5.32 Å². The molecule has 1 aliphatic heterocycles. The van der Waals surface area contributed by atoms with Crippen molar-refractivity contribution in [1.29, 1.82) is 0 Å². The average molecular weight is 455 g/mol. The van der Waals surface area contributed by atoms with Crippen LogP contribution >= 0.6 is 23.5 Å². The van der Waals surface area contributed by atoms with Crippen LogP contribution in [0.1, 0.15) is 21.9 Å². The molecule has 11 heteroatoms. The van der Waals surface area contributed by atoms with Crippen LogP contribution in [0.4, 0.5) is 4.79 Å². The molecule has 31 heavy (non-hydrogen) atoms. The number of aryl methyl sites for hydroxylation is 1. The van der Waals surface area contributed by atoms with E-state index in [1.54, 1.807) is 30.1 Å². The first-order chi connectivity index (χ1) is 15.0. The molecule has 1 fully saturated rings. The first-order valence-corrected chi connectivity index (χ1v) is 11.4. The van der Waals surface area contributed by atoms with Crippen LogP contribution in [-0.4, -0.2) is 60.9 Å². The Hall–Kier alpha value is -3.18. The Labute approximate surface area is 186 Å². The topological polar surface area (TPSA) is 110 Å². The van der Waals surface area contributed by atoms with Gasteiger partial charge in [-0.25, -0.2) is 9.50 Å². The fourth-order valence-corrected chi connectivity index (χ4v) is 4.18. The van der Waals surface area contributed by atoms with Crippen LogP contribution in [-0.2, 0) is 4.79 Å². The monoisotopic (exact) mass is 454 g/mol. The molecule has 3 aromatic rings. The standard InChI is InChI=1S/C20H18N6O3S2/c1-12-7-8-22-19-23-16(24-26(12)19)17(27)21-9-10-25-18(28)15(31-20(25)29)11-13-3-5-14(30-2)6-4-13/h3-8,11H,9-10H2,1-2H3,(H,21,27)/b15-11-. The van der Waals surface area contributed by atoms with Crippen LogP contribution in [0.25, 0.3) is 11.9 Å². The predicted molar refractivity (Wildman–Crippen MR) is 119 cm³/mol. The predicted octanol–water partition coefficient (Wildman–Crippen LogP) is 2.62. The minimum absolute atomic E-state index is 0.0236. The highest BCUT2D eigenvalue weighted by molar-refractivity contribution is 8.18. The Morgan fingerprint density at radius 1 is 1.23 bits per heavy atom. The summed E-state index contributed by atoms with van der Waals surface area (Å²) in [5, 5.41) is 6.41. The summed E-state index contributed by atoms with van der Waals surface area (Å²) in [5.41, 5.74) is 1.64. The number of imide groups is 1. The number of nitrogens with one attached hydrogen (secondary N) is 1. The highest BCUT2D eigenvalue weighted by Crippen LogP contribution is 2.32. The third-order valence-electron chi connectivity index (χ3n) is 4.54. The molecule has 1 saturated heterocycles. The van der Waals surface area contributed by atoms with Crippen LogP contribution in [0.3, 0.4) is 0 Å². The van der Waals surface area contributed by atoms with Crippen molar-refractivity contribution in [3.8, 4) is 0 Å². The summed E-state index contributed by atoms with van der Waals surface area (Å²) in [6, 6.07) is 9.48. The van der Waals surface area contributed by atoms with E-state index >= 15 is 0 Å². The molecule has 0 radical (unpaired) electrons. The van der Waals surface area contributed by atoms with Gasteiger partial charge in [0, 0.05) is 29.9 Å². The second kappa shape index (κ2) is 8.90. The third kappa shape index (κ3) is 4.47. The first kappa shape index (κ1) is 21.1. The summed E-state index contributed by atoms with van der Waals surface area (Å²) in [6.07, 6.45) is 5.27. The van der Waals surface area contributed by atoms with E-state index in [0.29, 0.717) is 10.7 Å². The fourth-order valence-electron chi connectivity index (χ4n) is 2.91. The molecule has 1 aliphatic rings. The van der Waals surface area contributed by atoms with Crippen molar-refractivity contribution in [2.45, 2.75) is 11.8 Å². The molecule has 0 aliphatic carbocycles. The Morgan fingerprint density at radius 2 is 2.00 bits per heavy atom. The second-order valence-corrected chi connectivity index (χ2v) is 8.47. The first-order valence-electron chi connectivity index (χ1n) is 9.32. The third-order valence-corrected chi connectivity index (χ3v) is 6.19. The fraction of sp³-hybridized carbons (Fsp3) is 0.200. The van der Waals surface area contributed by atoms with Gasteiger partial charge >= 0.3 is 0 Å². The quantitative estimate of drug-likeness (QED) is 0.447. The number of hydrogen-bond donors (Lipinski definition) is 1. The minimum Gasteiger partial charge on any atom is -0.347 e. The molecule has 9 nitrogen and oxygen atoms in total. The molecule has 3 amide bonds. The van der Waals surface area contributed by atoms with Crippen molar-refractivity contribution in [1.82, 2.24) is 29.8 Å². The SMILES string of the molecule is CSc1ccc(/C=C2\SC(=O)N(CCNC(=O)c3nc4nccc(C)n4n3)C2=O)cc1. The number of nitrogens with zero attached hydrogens (tertiary/aromatic N) is 5. The van der Waals surface area contributed by atoms with Crippen LogP contribution in [0.5, 0.6) is 0 Å². The van der Waals surface area contributed by atoms with Crippen LogP contribution in [0.2, 0.25) is 0 Å². The van der Waals surface area contributed by atoms with Crippen molar-refractivity contribution in [3.05, 3.63) is 58.5 Å². The molecule has 0 unspecified atom stereocenters. The van der Waals surface area contributed by atoms with Gasteiger partial charge in [-0.3, -0.25) is 19.3 Å². The maximum absolute atomic E-state index is 12.6. The van der Waals surface area contributed by atoms with Crippen molar-refractivity contribution in [3.63, 3.8) is 0 Å². The molecule has 2 aromatic heterocycles. The summed E-state index contributed by atoms with van der Waals surface area (Å²) in [4.78, 5) is 48.0. The number of thioether (sulfide) groups is 2. The summed E-state index contributed by atoms with van der Waals surface area (Å²) >= 11 is 2.52. The molecule has 158 valence electrons. The van der Waals surface area contributed by atoms with Gasteiger partial charge in [0.2, 0.25) is 5.82 Å². The van der Waals surface area contributed by atoms with E-state index in [-0.39, 0.29) is 30.1 Å². The van der Waals surface area contributed by atoms with E-state index in [9.17, 15) is 14.4 Å². The highest BCUT2D eigenvalue weighted by atomic mass is 32.2. The Kier molecular flexibility index (Phi) is 6.05. The van der Waals surface area contributed by atoms with E-state index in [0.717, 1.165) is 32.8 Å². The molecule has 0 bridgehead atoms. The number of rotatable bonds is 6. The lowest BCUT2D eigenvalue weighted by atomic mass is 10.2. The lowest BCUT2D eigenvalue weighted by molar-refractivity contribution is -0.122. The number of fused-ring (bicyclic) bond motifs is 1. The number of amides is 3. The van der Waals surface area contributed by atoms with E-state index in [4.69, 9.17) is 0 Å². The Morgan fingerprint density at radius 3 is 2.71 bits per heavy atom. The average Bonchev–Trinajstić information content (AvgIpc) is 3.32. The van der Waals surface area contributed by atoms with Gasteiger partial charge in [0.1, 0.15) is 0 Å². The normalized spacial score (nSPS) is 15.3. The number of hydrogen-bond acceptors (Lipinski definition) is 8. The number of aromatic nitrogens is 4. The summed E-state index contributed by atoms with van der Waals surface area (Å²) in [5.74, 6) is -0.568. The van der Waals surface area contributed by atoms with Gasteiger partial charge in [-0.2, -0.15) is 4.98 Å². The van der Waals surface area contributed by atoms with E-state index in [1.807, 2.05) is 37.4 Å². The molecule has 0 saturated carbocycles. The molecule has 0 atom stereocenters. The maximum atomic E-state index is 12.6. The molecular weight excluding hydrogens is 436 g/mol. The molecular formula is C20H18N6O3S2. The second-order valence-electron chi connectivity index (χ2n) is 6.60. The minimum atomic E-state index is -0.499. The number of carbonyl (C=O) groups is 3. The zero-order valence-corrected chi connectivity index (χ0v) is 18.4. The molecule has 1 N–H and O–H groups in total. The highest BCUT2D eigenvalue weighted by Gasteiger charge is 2.34. The molecule has 3 heterocycles. The lowest BCUT2D eigenvalue weighted by Crippen LogP contribution is -2.37. The van der Waals surface area contributed by atoms with Crippen molar-refractivity contribution >= 4 is 52.4 Å². The largest absolute Gasteiger partial charge is 0.347 e. The smallest absolute Gasteiger partial charge is 0.293 e. The zero-order chi connectivity index (χ0) is 22.0. The molecule has 1 aromatic carbocycles. The van der Waals surface area contributed by atoms with Gasteiger partial charge in [0.15, 0.2) is 0 Å². The maximum Gasteiger partial charge on any atom is 0.293 e. The Balaban J connectivity index is 1.37. The van der Waals surface area contributed by atoms with Gasteiger partial charge < -0.3 is 5.32 Å². The zero-order valence-electron chi connectivity index (χ0n) is 16.7. The molecule has 4 rings (SSSR count). The van der Waals surface area contributed by atoms with Crippen molar-refractivity contribution < 1.29 is 14.4 Å². The van der Waals surface area contributed by atoms with Gasteiger partial charge in [-0.1, -0.05) is 12.1 Å². The van der Waals surface area contributed by atoms with E-state index in [1.165, 1.54) is 4.52 Å². The summed E-state index contributed by atoms with van der Waals surface area (Å²) < 4.78 is 1.47. The van der Waals surface area contributed by atoms with Crippen LogP contribution in [0.15, 0.2) is 46.3 Å². The van der Waals surface area contributed by atoms with Crippen molar-refractivity contribution in [2.75, 3.05) is 19.3 Å². The van der Waals surface area contributed by atoms with E-state index < -0.39 is 5.91 Å². The van der Waals surface area contributed by atoms with Gasteiger partial charge in [0.05, 0.1) is 4.91 Å². The Bertz CT molecular complexity index is 1210. The van der Waals surface area contributed by atoms with Crippen molar-refractivity contribution in [2.24, 2.45) is 0 Å². The summed E-state index contributed by atoms with van der Waals surface area (Å²) in [6.45, 7) is 1.98. The number of carbonyl (C=O) groups excluding carboxylic acids is 3. The van der Waals surface area contributed by atoms with Crippen LogP contribution in [0, 0.1) is 6.92 Å². The molecule has 0 spiro atoms. The van der Waals surface area contributed by atoms with Gasteiger partial charge in [-0.05, 0) is 54.8 Å². The number of benzene rings is 1.